The molecule has 2 rings (SSSR count). The molecule has 5 nitrogen and oxygen atoms in total. The van der Waals surface area contributed by atoms with E-state index >= 15 is 0 Å². The number of carbonyl (C=O) groups excluding carboxylic acids is 2. The molecule has 0 aliphatic rings. The highest BCUT2D eigenvalue weighted by molar-refractivity contribution is 7.12. The first-order valence-corrected chi connectivity index (χ1v) is 8.12. The van der Waals surface area contributed by atoms with Crippen molar-refractivity contribution in [1.29, 1.82) is 0 Å². The normalized spacial score (nSPS) is 10.0. The molecule has 120 valence electrons. The summed E-state index contributed by atoms with van der Waals surface area (Å²) >= 11 is 13.1. The van der Waals surface area contributed by atoms with Crippen LogP contribution in [0.2, 0.25) is 10.0 Å². The standard InChI is InChI=1S/C15H13Cl2N3O2S/c1-9(10-4-5-11(16)12(17)7-10)19-20-14(21)8-18-15(22)13-3-2-6-23-13/h2-7,19H,1,8H2,(H,18,22)(H,20,21). The van der Waals surface area contributed by atoms with E-state index in [0.717, 1.165) is 0 Å². The lowest BCUT2D eigenvalue weighted by molar-refractivity contribution is -0.120. The van der Waals surface area contributed by atoms with Gasteiger partial charge in [-0.2, -0.15) is 0 Å². The summed E-state index contributed by atoms with van der Waals surface area (Å²) < 4.78 is 0. The van der Waals surface area contributed by atoms with E-state index < -0.39 is 5.91 Å². The molecule has 0 bridgehead atoms. The Kier molecular flexibility index (Phi) is 6.04. The maximum atomic E-state index is 11.7. The molecule has 0 saturated carbocycles. The van der Waals surface area contributed by atoms with Crippen LogP contribution in [0.25, 0.3) is 5.70 Å². The van der Waals surface area contributed by atoms with Gasteiger partial charge in [0.05, 0.1) is 27.2 Å². The molecule has 0 saturated heterocycles. The summed E-state index contributed by atoms with van der Waals surface area (Å²) in [5.74, 6) is -0.699. The number of rotatable bonds is 6. The molecule has 0 unspecified atom stereocenters. The van der Waals surface area contributed by atoms with Crippen LogP contribution in [0.4, 0.5) is 0 Å². The molecular weight excluding hydrogens is 357 g/mol. The van der Waals surface area contributed by atoms with Crippen LogP contribution in [-0.2, 0) is 4.79 Å². The molecule has 1 heterocycles. The number of thiophene rings is 1. The summed E-state index contributed by atoms with van der Waals surface area (Å²) in [6.45, 7) is 3.64. The number of benzene rings is 1. The number of carbonyl (C=O) groups is 2. The summed E-state index contributed by atoms with van der Waals surface area (Å²) in [6, 6.07) is 8.43. The second-order valence-electron chi connectivity index (χ2n) is 4.44. The molecule has 0 aliphatic carbocycles. The predicted molar refractivity (Wildman–Crippen MR) is 93.4 cm³/mol. The lowest BCUT2D eigenvalue weighted by atomic mass is 10.2. The molecule has 3 N–H and O–H groups in total. The van der Waals surface area contributed by atoms with Crippen molar-refractivity contribution in [1.82, 2.24) is 16.2 Å². The van der Waals surface area contributed by atoms with Gasteiger partial charge < -0.3 is 5.32 Å². The van der Waals surface area contributed by atoms with Gasteiger partial charge >= 0.3 is 0 Å². The lowest BCUT2D eigenvalue weighted by Gasteiger charge is -2.12. The Morgan fingerprint density at radius 1 is 1.13 bits per heavy atom. The van der Waals surface area contributed by atoms with Crippen LogP contribution in [0.15, 0.2) is 42.3 Å². The molecule has 0 radical (unpaired) electrons. The van der Waals surface area contributed by atoms with Crippen LogP contribution in [-0.4, -0.2) is 18.4 Å². The summed E-state index contributed by atoms with van der Waals surface area (Å²) in [4.78, 5) is 23.9. The van der Waals surface area contributed by atoms with Gasteiger partial charge in [0.2, 0.25) is 0 Å². The SMILES string of the molecule is C=C(NNC(=O)CNC(=O)c1cccs1)c1ccc(Cl)c(Cl)c1. The van der Waals surface area contributed by atoms with Crippen LogP contribution in [0.1, 0.15) is 15.2 Å². The first kappa shape index (κ1) is 17.3. The molecule has 0 atom stereocenters. The Balaban J connectivity index is 1.78. The molecule has 0 fully saturated rings. The number of hydrogen-bond acceptors (Lipinski definition) is 4. The van der Waals surface area contributed by atoms with Crippen molar-refractivity contribution in [2.75, 3.05) is 6.54 Å². The highest BCUT2D eigenvalue weighted by Crippen LogP contribution is 2.24. The van der Waals surface area contributed by atoms with Crippen molar-refractivity contribution in [3.05, 3.63) is 62.8 Å². The number of halogens is 2. The second-order valence-corrected chi connectivity index (χ2v) is 6.20. The third kappa shape index (κ3) is 4.99. The zero-order chi connectivity index (χ0) is 16.8. The van der Waals surface area contributed by atoms with Crippen LogP contribution >= 0.6 is 34.5 Å². The fourth-order valence-electron chi connectivity index (χ4n) is 1.60. The first-order valence-electron chi connectivity index (χ1n) is 6.48. The van der Waals surface area contributed by atoms with E-state index in [0.29, 0.717) is 26.2 Å². The minimum absolute atomic E-state index is 0.154. The maximum Gasteiger partial charge on any atom is 0.261 e. The van der Waals surface area contributed by atoms with E-state index in [-0.39, 0.29) is 12.5 Å². The minimum Gasteiger partial charge on any atom is -0.342 e. The van der Waals surface area contributed by atoms with Gasteiger partial charge in [-0.3, -0.25) is 20.4 Å². The topological polar surface area (TPSA) is 70.2 Å². The van der Waals surface area contributed by atoms with Gasteiger partial charge in [-0.1, -0.05) is 41.9 Å². The van der Waals surface area contributed by atoms with E-state index in [1.165, 1.54) is 11.3 Å². The van der Waals surface area contributed by atoms with Gasteiger partial charge in [0, 0.05) is 5.56 Å². The average molecular weight is 370 g/mol. The fourth-order valence-corrected chi connectivity index (χ4v) is 2.54. The third-order valence-electron chi connectivity index (χ3n) is 2.78. The Morgan fingerprint density at radius 3 is 2.57 bits per heavy atom. The van der Waals surface area contributed by atoms with E-state index in [4.69, 9.17) is 23.2 Å². The molecule has 8 heteroatoms. The number of nitrogens with one attached hydrogen (secondary N) is 3. The number of hydrogen-bond donors (Lipinski definition) is 3. The molecule has 0 spiro atoms. The lowest BCUT2D eigenvalue weighted by Crippen LogP contribution is -2.42. The Bertz CT molecular complexity index is 732. The van der Waals surface area contributed by atoms with Crippen LogP contribution < -0.4 is 16.2 Å². The highest BCUT2D eigenvalue weighted by atomic mass is 35.5. The Labute approximate surface area is 147 Å². The zero-order valence-corrected chi connectivity index (χ0v) is 14.2. The van der Waals surface area contributed by atoms with Crippen molar-refractivity contribution in [2.45, 2.75) is 0 Å². The summed E-state index contributed by atoms with van der Waals surface area (Å²) in [5, 5.41) is 5.13. The number of hydrazine groups is 1. The van der Waals surface area contributed by atoms with Crippen LogP contribution in [0, 0.1) is 0 Å². The summed E-state index contributed by atoms with van der Waals surface area (Å²) in [6.07, 6.45) is 0. The fraction of sp³-hybridized carbons (Fsp3) is 0.0667. The summed E-state index contributed by atoms with van der Waals surface area (Å²) in [7, 11) is 0. The van der Waals surface area contributed by atoms with Crippen molar-refractivity contribution in [3.63, 3.8) is 0 Å². The molecule has 2 aromatic rings. The number of amides is 2. The van der Waals surface area contributed by atoms with Crippen molar-refractivity contribution in [3.8, 4) is 0 Å². The smallest absolute Gasteiger partial charge is 0.261 e. The molecular formula is C15H13Cl2N3O2S. The van der Waals surface area contributed by atoms with Gasteiger partial charge in [0.15, 0.2) is 0 Å². The van der Waals surface area contributed by atoms with E-state index in [1.807, 2.05) is 0 Å². The van der Waals surface area contributed by atoms with Crippen molar-refractivity contribution < 1.29 is 9.59 Å². The van der Waals surface area contributed by atoms with Crippen LogP contribution in [0.5, 0.6) is 0 Å². The first-order chi connectivity index (χ1) is 11.0. The molecule has 0 aliphatic heterocycles. The molecule has 2 amide bonds. The largest absolute Gasteiger partial charge is 0.342 e. The second kappa shape index (κ2) is 8.01. The van der Waals surface area contributed by atoms with Gasteiger partial charge in [0.25, 0.3) is 11.8 Å². The van der Waals surface area contributed by atoms with Crippen LogP contribution in [0.3, 0.4) is 0 Å². The van der Waals surface area contributed by atoms with Gasteiger partial charge in [0.1, 0.15) is 0 Å². The monoisotopic (exact) mass is 369 g/mol. The summed E-state index contributed by atoms with van der Waals surface area (Å²) in [5.41, 5.74) is 6.23. The van der Waals surface area contributed by atoms with E-state index in [1.54, 1.807) is 35.7 Å². The van der Waals surface area contributed by atoms with Gasteiger partial charge in [-0.25, -0.2) is 0 Å². The average Bonchev–Trinajstić information content (AvgIpc) is 3.07. The van der Waals surface area contributed by atoms with Gasteiger partial charge in [-0.05, 0) is 23.6 Å². The minimum atomic E-state index is -0.406. The zero-order valence-electron chi connectivity index (χ0n) is 11.9. The van der Waals surface area contributed by atoms with Gasteiger partial charge in [-0.15, -0.1) is 11.3 Å². The molecule has 1 aromatic heterocycles. The van der Waals surface area contributed by atoms with Crippen molar-refractivity contribution in [2.24, 2.45) is 0 Å². The molecule has 1 aromatic carbocycles. The quantitative estimate of drug-likeness (QED) is 0.685. The van der Waals surface area contributed by atoms with Crippen molar-refractivity contribution >= 4 is 52.1 Å². The Morgan fingerprint density at radius 2 is 1.91 bits per heavy atom. The highest BCUT2D eigenvalue weighted by Gasteiger charge is 2.09. The third-order valence-corrected chi connectivity index (χ3v) is 4.38. The predicted octanol–water partition coefficient (Wildman–Crippen LogP) is 3.08. The van der Waals surface area contributed by atoms with E-state index in [9.17, 15) is 9.59 Å². The Hall–Kier alpha value is -2.02. The molecule has 23 heavy (non-hydrogen) atoms. The maximum absolute atomic E-state index is 11.7. The van der Waals surface area contributed by atoms with E-state index in [2.05, 4.69) is 22.7 Å².